The molecule has 17 heavy (non-hydrogen) atoms. The van der Waals surface area contributed by atoms with Crippen LogP contribution in [0.25, 0.3) is 0 Å². The van der Waals surface area contributed by atoms with Crippen LogP contribution >= 0.6 is 0 Å². The molecule has 2 aliphatic carbocycles. The second kappa shape index (κ2) is 4.55. The molecular weight excluding hydrogens is 238 g/mol. The minimum absolute atomic E-state index is 1.12. The van der Waals surface area contributed by atoms with Gasteiger partial charge >= 0.3 is 0 Å². The number of hydrogen-bond donors (Lipinski definition) is 1. The molecule has 0 spiro atoms. The van der Waals surface area contributed by atoms with E-state index in [1.54, 1.807) is 10.4 Å². The molecular formula is C14H23NSi2. The zero-order chi connectivity index (χ0) is 12.5. The van der Waals surface area contributed by atoms with Gasteiger partial charge in [0.15, 0.2) is 0 Å². The highest BCUT2D eigenvalue weighted by Gasteiger charge is 2.35. The first-order valence-corrected chi connectivity index (χ1v) is 12.5. The zero-order valence-corrected chi connectivity index (χ0v) is 13.4. The molecule has 0 aliphatic heterocycles. The Morgan fingerprint density at radius 2 is 1.24 bits per heavy atom. The fraction of sp³-hybridized carbons (Fsp3) is 0.429. The van der Waals surface area contributed by atoms with Crippen molar-refractivity contribution >= 4 is 16.5 Å². The second-order valence-corrected chi connectivity index (χ2v) is 14.6. The van der Waals surface area contributed by atoms with Crippen molar-refractivity contribution in [3.05, 3.63) is 46.8 Å². The predicted octanol–water partition coefficient (Wildman–Crippen LogP) is 3.84. The summed E-state index contributed by atoms with van der Waals surface area (Å²) in [6.45, 7) is 9.73. The van der Waals surface area contributed by atoms with Crippen LogP contribution in [0.2, 0.25) is 26.2 Å². The Morgan fingerprint density at radius 1 is 0.824 bits per heavy atom. The van der Waals surface area contributed by atoms with Gasteiger partial charge in [-0.15, -0.1) is 0 Å². The lowest BCUT2D eigenvalue weighted by molar-refractivity contribution is 1.30. The molecule has 0 aromatic rings. The van der Waals surface area contributed by atoms with E-state index in [0.29, 0.717) is 0 Å². The summed E-state index contributed by atoms with van der Waals surface area (Å²) in [5.41, 5.74) is 0. The summed E-state index contributed by atoms with van der Waals surface area (Å²) in [6, 6.07) is 0. The molecule has 3 heteroatoms. The largest absolute Gasteiger partial charge is 0.353 e. The molecule has 0 bridgehead atoms. The summed E-state index contributed by atoms with van der Waals surface area (Å²) in [7, 11) is -2.92. The predicted molar refractivity (Wildman–Crippen MR) is 81.8 cm³/mol. The van der Waals surface area contributed by atoms with E-state index in [9.17, 15) is 0 Å². The molecule has 2 rings (SSSR count). The van der Waals surface area contributed by atoms with Crippen LogP contribution < -0.4 is 4.65 Å². The topological polar surface area (TPSA) is 12.0 Å². The maximum atomic E-state index is 4.06. The molecule has 0 atom stereocenters. The molecule has 0 saturated carbocycles. The van der Waals surface area contributed by atoms with Crippen LogP contribution in [0.4, 0.5) is 0 Å². The van der Waals surface area contributed by atoms with Crippen molar-refractivity contribution in [1.82, 2.24) is 4.65 Å². The molecule has 0 amide bonds. The summed E-state index contributed by atoms with van der Waals surface area (Å²) in [5.74, 6) is 0. The molecule has 0 fully saturated rings. The lowest BCUT2D eigenvalue weighted by atomic mass is 10.5. The Hall–Kier alpha value is -0.646. The Morgan fingerprint density at radius 3 is 1.53 bits per heavy atom. The third-order valence-electron chi connectivity index (χ3n) is 3.61. The number of rotatable bonds is 4. The van der Waals surface area contributed by atoms with Crippen LogP contribution in [0.15, 0.2) is 46.8 Å². The Bertz CT molecular complexity index is 386. The molecule has 0 heterocycles. The van der Waals surface area contributed by atoms with E-state index >= 15 is 0 Å². The minimum atomic E-state index is -1.46. The Labute approximate surface area is 107 Å². The summed E-state index contributed by atoms with van der Waals surface area (Å²) in [5, 5.41) is 3.14. The zero-order valence-electron chi connectivity index (χ0n) is 11.4. The first kappa shape index (κ1) is 12.8. The third-order valence-corrected chi connectivity index (χ3v) is 12.2. The first-order valence-electron chi connectivity index (χ1n) is 6.45. The van der Waals surface area contributed by atoms with Crippen molar-refractivity contribution in [3.63, 3.8) is 0 Å². The van der Waals surface area contributed by atoms with E-state index in [1.807, 2.05) is 0 Å². The third kappa shape index (κ3) is 2.79. The van der Waals surface area contributed by atoms with Gasteiger partial charge in [-0.1, -0.05) is 62.6 Å². The van der Waals surface area contributed by atoms with Gasteiger partial charge in [-0.2, -0.15) is 0 Å². The number of allylic oxidation sites excluding steroid dienone is 8. The number of hydrogen-bond acceptors (Lipinski definition) is 1. The van der Waals surface area contributed by atoms with Gasteiger partial charge in [-0.05, 0) is 23.2 Å². The van der Waals surface area contributed by atoms with E-state index in [-0.39, 0.29) is 0 Å². The molecule has 0 unspecified atom stereocenters. The molecule has 2 aliphatic rings. The van der Waals surface area contributed by atoms with Crippen molar-refractivity contribution in [2.45, 2.75) is 39.0 Å². The van der Waals surface area contributed by atoms with E-state index in [2.05, 4.69) is 67.3 Å². The standard InChI is InChI=1S/C14H23NSi2/c1-16(2,13-9-5-6-10-13)15-17(3,4)14-11-7-8-12-14/h5,7,9-12,15H,6,8H2,1-4H3. The molecule has 0 aromatic carbocycles. The van der Waals surface area contributed by atoms with Crippen molar-refractivity contribution in [2.75, 3.05) is 0 Å². The van der Waals surface area contributed by atoms with Gasteiger partial charge < -0.3 is 4.65 Å². The smallest absolute Gasteiger partial charge is 0.144 e. The fourth-order valence-corrected chi connectivity index (χ4v) is 12.5. The average molecular weight is 262 g/mol. The van der Waals surface area contributed by atoms with Crippen LogP contribution in [0, 0.1) is 0 Å². The van der Waals surface area contributed by atoms with E-state index in [1.165, 1.54) is 0 Å². The first-order chi connectivity index (χ1) is 7.92. The van der Waals surface area contributed by atoms with Crippen molar-refractivity contribution in [1.29, 1.82) is 0 Å². The SMILES string of the molecule is C[Si](C)(N[Si](C)(C)C1=CCC=C1)C1=CCC=C1. The van der Waals surface area contributed by atoms with Gasteiger partial charge in [0.05, 0.1) is 0 Å². The molecule has 92 valence electrons. The average Bonchev–Trinajstić information content (AvgIpc) is 2.91. The van der Waals surface area contributed by atoms with Gasteiger partial charge in [0.2, 0.25) is 0 Å². The Balaban J connectivity index is 2.14. The van der Waals surface area contributed by atoms with Crippen LogP contribution in [0.1, 0.15) is 12.8 Å². The van der Waals surface area contributed by atoms with Gasteiger partial charge in [0.25, 0.3) is 0 Å². The van der Waals surface area contributed by atoms with Crippen molar-refractivity contribution in [3.8, 4) is 0 Å². The lowest BCUT2D eigenvalue weighted by Gasteiger charge is -2.35. The van der Waals surface area contributed by atoms with Gasteiger partial charge in [0, 0.05) is 0 Å². The second-order valence-electron chi connectivity index (χ2n) is 5.97. The maximum Gasteiger partial charge on any atom is 0.144 e. The highest BCUT2D eigenvalue weighted by Crippen LogP contribution is 2.25. The minimum Gasteiger partial charge on any atom is -0.353 e. The van der Waals surface area contributed by atoms with Gasteiger partial charge in [-0.3, -0.25) is 0 Å². The fourth-order valence-electron chi connectivity index (χ4n) is 2.77. The summed E-state index contributed by atoms with van der Waals surface area (Å²) in [6.07, 6.45) is 16.2. The van der Waals surface area contributed by atoms with E-state index < -0.39 is 16.5 Å². The van der Waals surface area contributed by atoms with Gasteiger partial charge in [-0.25, -0.2) is 0 Å². The van der Waals surface area contributed by atoms with Crippen molar-refractivity contribution < 1.29 is 0 Å². The maximum absolute atomic E-state index is 4.06. The van der Waals surface area contributed by atoms with Gasteiger partial charge in [0.1, 0.15) is 16.5 Å². The summed E-state index contributed by atoms with van der Waals surface area (Å²) in [4.78, 5) is 0. The lowest BCUT2D eigenvalue weighted by Crippen LogP contribution is -2.60. The molecule has 1 N–H and O–H groups in total. The van der Waals surface area contributed by atoms with Crippen molar-refractivity contribution in [2.24, 2.45) is 0 Å². The highest BCUT2D eigenvalue weighted by atomic mass is 28.4. The normalized spacial score (nSPS) is 19.8. The summed E-state index contributed by atoms with van der Waals surface area (Å²) < 4.78 is 4.06. The monoisotopic (exact) mass is 261 g/mol. The highest BCUT2D eigenvalue weighted by molar-refractivity contribution is 6.98. The number of nitrogens with one attached hydrogen (secondary N) is 1. The van der Waals surface area contributed by atoms with Crippen LogP contribution in [-0.4, -0.2) is 16.5 Å². The van der Waals surface area contributed by atoms with E-state index in [0.717, 1.165) is 12.8 Å². The summed E-state index contributed by atoms with van der Waals surface area (Å²) >= 11 is 0. The van der Waals surface area contributed by atoms with Crippen LogP contribution in [0.5, 0.6) is 0 Å². The van der Waals surface area contributed by atoms with E-state index in [4.69, 9.17) is 0 Å². The Kier molecular flexibility index (Phi) is 3.43. The molecule has 0 saturated heterocycles. The molecule has 0 aromatic heterocycles. The molecule has 0 radical (unpaired) electrons. The van der Waals surface area contributed by atoms with Crippen LogP contribution in [0.3, 0.4) is 0 Å². The van der Waals surface area contributed by atoms with Crippen LogP contribution in [-0.2, 0) is 0 Å². The molecule has 1 nitrogen and oxygen atoms in total. The quantitative estimate of drug-likeness (QED) is 0.758.